The number of ether oxygens (including phenoxy) is 1. The lowest BCUT2D eigenvalue weighted by atomic mass is 10.2. The number of hydrogen-bond donors (Lipinski definition) is 0. The summed E-state index contributed by atoms with van der Waals surface area (Å²) in [4.78, 5) is 26.2. The fourth-order valence-electron chi connectivity index (χ4n) is 1.44. The van der Waals surface area contributed by atoms with Gasteiger partial charge in [-0.25, -0.2) is 0 Å². The van der Waals surface area contributed by atoms with Gasteiger partial charge in [-0.05, 0) is 6.42 Å². The van der Waals surface area contributed by atoms with Crippen molar-refractivity contribution in [3.63, 3.8) is 0 Å². The predicted octanol–water partition coefficient (Wildman–Crippen LogP) is -0.0821. The van der Waals surface area contributed by atoms with Crippen molar-refractivity contribution in [3.8, 4) is 0 Å². The van der Waals surface area contributed by atoms with Gasteiger partial charge in [0, 0.05) is 40.0 Å². The Morgan fingerprint density at radius 3 is 2.44 bits per heavy atom. The van der Waals surface area contributed by atoms with E-state index < -0.39 is 0 Å². The fraction of sp³-hybridized carbons (Fsp3) is 0.727. The van der Waals surface area contributed by atoms with Crippen LogP contribution in [-0.4, -0.2) is 62.0 Å². The van der Waals surface area contributed by atoms with E-state index in [4.69, 9.17) is 4.74 Å². The number of nitrogens with zero attached hydrogens (tertiary/aromatic N) is 2. The Labute approximate surface area is 96.3 Å². The number of rotatable bonds is 4. The fourth-order valence-corrected chi connectivity index (χ4v) is 1.44. The van der Waals surface area contributed by atoms with E-state index in [1.807, 2.05) is 0 Å². The van der Waals surface area contributed by atoms with Crippen LogP contribution in [0, 0.1) is 6.42 Å². The van der Waals surface area contributed by atoms with Crippen molar-refractivity contribution in [3.05, 3.63) is 6.42 Å². The third kappa shape index (κ3) is 4.18. The number of carbonyl (C=O) groups is 2. The molecule has 0 aromatic rings. The standard InChI is InChI=1S/C11H19N2O3/c1-12(2)10(14)4-3-5-11(15)13-6-8-16-9-7-13/h3H,4-9H2,1-2H3. The van der Waals surface area contributed by atoms with Crippen LogP contribution in [0.3, 0.4) is 0 Å². The van der Waals surface area contributed by atoms with Crippen LogP contribution in [-0.2, 0) is 14.3 Å². The molecule has 0 aromatic carbocycles. The summed E-state index contributed by atoms with van der Waals surface area (Å²) in [5, 5.41) is 0. The lowest BCUT2D eigenvalue weighted by Crippen LogP contribution is -2.40. The molecule has 1 radical (unpaired) electrons. The smallest absolute Gasteiger partial charge is 0.223 e. The van der Waals surface area contributed by atoms with Crippen LogP contribution in [0.25, 0.3) is 0 Å². The highest BCUT2D eigenvalue weighted by atomic mass is 16.5. The molecule has 1 rings (SSSR count). The topological polar surface area (TPSA) is 49.9 Å². The van der Waals surface area contributed by atoms with E-state index in [-0.39, 0.29) is 11.8 Å². The van der Waals surface area contributed by atoms with Gasteiger partial charge >= 0.3 is 0 Å². The quantitative estimate of drug-likeness (QED) is 0.675. The second-order valence-corrected chi connectivity index (χ2v) is 3.98. The highest BCUT2D eigenvalue weighted by molar-refractivity contribution is 5.80. The van der Waals surface area contributed by atoms with Crippen molar-refractivity contribution in [2.45, 2.75) is 12.8 Å². The van der Waals surface area contributed by atoms with Crippen LogP contribution in [0.5, 0.6) is 0 Å². The average molecular weight is 227 g/mol. The number of morpholine rings is 1. The molecule has 1 aliphatic heterocycles. The van der Waals surface area contributed by atoms with Crippen molar-refractivity contribution in [1.29, 1.82) is 0 Å². The second-order valence-electron chi connectivity index (χ2n) is 3.98. The molecule has 0 bridgehead atoms. The predicted molar refractivity (Wildman–Crippen MR) is 59.6 cm³/mol. The molecule has 2 amide bonds. The maximum absolute atomic E-state index is 11.7. The first-order valence-electron chi connectivity index (χ1n) is 5.48. The maximum Gasteiger partial charge on any atom is 0.223 e. The molecule has 5 nitrogen and oxygen atoms in total. The van der Waals surface area contributed by atoms with E-state index in [0.717, 1.165) is 0 Å². The Morgan fingerprint density at radius 2 is 1.88 bits per heavy atom. The van der Waals surface area contributed by atoms with Crippen LogP contribution < -0.4 is 0 Å². The molecule has 0 aliphatic carbocycles. The molecule has 1 aliphatic rings. The number of hydrogen-bond acceptors (Lipinski definition) is 3. The van der Waals surface area contributed by atoms with Gasteiger partial charge in [-0.3, -0.25) is 9.59 Å². The van der Waals surface area contributed by atoms with Crippen LogP contribution in [0.15, 0.2) is 0 Å². The molecule has 0 spiro atoms. The van der Waals surface area contributed by atoms with Gasteiger partial charge < -0.3 is 14.5 Å². The van der Waals surface area contributed by atoms with Gasteiger partial charge in [0.05, 0.1) is 13.2 Å². The van der Waals surface area contributed by atoms with Crippen LogP contribution >= 0.6 is 0 Å². The molecule has 5 heteroatoms. The van der Waals surface area contributed by atoms with Crippen LogP contribution in [0.2, 0.25) is 0 Å². The summed E-state index contributed by atoms with van der Waals surface area (Å²) in [5.74, 6) is 0.102. The van der Waals surface area contributed by atoms with Gasteiger partial charge in [0.25, 0.3) is 0 Å². The largest absolute Gasteiger partial charge is 0.378 e. The molecule has 0 aromatic heterocycles. The summed E-state index contributed by atoms with van der Waals surface area (Å²) in [6.07, 6.45) is 2.39. The molecule has 91 valence electrons. The minimum Gasteiger partial charge on any atom is -0.378 e. The highest BCUT2D eigenvalue weighted by Gasteiger charge is 2.16. The molecule has 16 heavy (non-hydrogen) atoms. The van der Waals surface area contributed by atoms with E-state index in [0.29, 0.717) is 39.1 Å². The van der Waals surface area contributed by atoms with Gasteiger partial charge in [0.1, 0.15) is 0 Å². The summed E-state index contributed by atoms with van der Waals surface area (Å²) in [6.45, 7) is 2.55. The number of amides is 2. The SMILES string of the molecule is CN(C)C(=O)C[CH]CC(=O)N1CCOCC1. The lowest BCUT2D eigenvalue weighted by Gasteiger charge is -2.26. The molecule has 1 fully saturated rings. The monoisotopic (exact) mass is 227 g/mol. The Hall–Kier alpha value is -1.10. The van der Waals surface area contributed by atoms with E-state index in [1.165, 1.54) is 4.90 Å². The molecular weight excluding hydrogens is 208 g/mol. The molecule has 0 unspecified atom stereocenters. The van der Waals surface area contributed by atoms with E-state index in [2.05, 4.69) is 0 Å². The highest BCUT2D eigenvalue weighted by Crippen LogP contribution is 2.04. The summed E-state index contributed by atoms with van der Waals surface area (Å²) in [5.41, 5.74) is 0. The lowest BCUT2D eigenvalue weighted by molar-refractivity contribution is -0.134. The zero-order chi connectivity index (χ0) is 12.0. The normalized spacial score (nSPS) is 16.0. The van der Waals surface area contributed by atoms with E-state index in [1.54, 1.807) is 25.4 Å². The Bertz CT molecular complexity index is 248. The minimum atomic E-state index is 0.0229. The molecule has 0 saturated carbocycles. The Balaban J connectivity index is 2.17. The summed E-state index contributed by atoms with van der Waals surface area (Å²) in [7, 11) is 3.42. The second kappa shape index (κ2) is 6.48. The van der Waals surface area contributed by atoms with E-state index in [9.17, 15) is 9.59 Å². The summed E-state index contributed by atoms with van der Waals surface area (Å²) < 4.78 is 5.16. The molecular formula is C11H19N2O3. The van der Waals surface area contributed by atoms with Crippen molar-refractivity contribution in [2.75, 3.05) is 40.4 Å². The van der Waals surface area contributed by atoms with E-state index >= 15 is 0 Å². The van der Waals surface area contributed by atoms with Crippen LogP contribution in [0.1, 0.15) is 12.8 Å². The molecule has 1 saturated heterocycles. The summed E-state index contributed by atoms with van der Waals surface area (Å²) in [6, 6.07) is 0. The van der Waals surface area contributed by atoms with Gasteiger partial charge in [-0.15, -0.1) is 0 Å². The molecule has 1 heterocycles. The van der Waals surface area contributed by atoms with Gasteiger partial charge in [0.2, 0.25) is 11.8 Å². The minimum absolute atomic E-state index is 0.0229. The first-order valence-corrected chi connectivity index (χ1v) is 5.48. The zero-order valence-electron chi connectivity index (χ0n) is 9.94. The average Bonchev–Trinajstić information content (AvgIpc) is 2.29. The van der Waals surface area contributed by atoms with Gasteiger partial charge in [0.15, 0.2) is 0 Å². The van der Waals surface area contributed by atoms with Gasteiger partial charge in [-0.1, -0.05) is 0 Å². The third-order valence-electron chi connectivity index (χ3n) is 2.50. The number of carbonyl (C=O) groups excluding carboxylic acids is 2. The first-order chi connectivity index (χ1) is 7.61. The summed E-state index contributed by atoms with van der Waals surface area (Å²) >= 11 is 0. The van der Waals surface area contributed by atoms with Crippen LogP contribution in [0.4, 0.5) is 0 Å². The van der Waals surface area contributed by atoms with Crippen molar-refractivity contribution in [2.24, 2.45) is 0 Å². The van der Waals surface area contributed by atoms with Crippen molar-refractivity contribution in [1.82, 2.24) is 9.80 Å². The first kappa shape index (κ1) is 13.0. The zero-order valence-corrected chi connectivity index (χ0v) is 9.94. The van der Waals surface area contributed by atoms with Crippen molar-refractivity contribution < 1.29 is 14.3 Å². The third-order valence-corrected chi connectivity index (χ3v) is 2.50. The van der Waals surface area contributed by atoms with Gasteiger partial charge in [-0.2, -0.15) is 0 Å². The Morgan fingerprint density at radius 1 is 1.25 bits per heavy atom. The van der Waals surface area contributed by atoms with Crippen molar-refractivity contribution >= 4 is 11.8 Å². The molecule has 0 N–H and O–H groups in total. The maximum atomic E-state index is 11.7. The Kier molecular flexibility index (Phi) is 5.25. The molecule has 0 atom stereocenters.